The van der Waals surface area contributed by atoms with E-state index >= 15 is 0 Å². The molecule has 4 rings (SSSR count). The topological polar surface area (TPSA) is 113 Å². The summed E-state index contributed by atoms with van der Waals surface area (Å²) in [5, 5.41) is 9.20. The highest BCUT2D eigenvalue weighted by molar-refractivity contribution is 7.92. The molecule has 32 heavy (non-hydrogen) atoms. The molecule has 2 heterocycles. The first kappa shape index (κ1) is 22.0. The zero-order chi connectivity index (χ0) is 22.8. The highest BCUT2D eigenvalue weighted by atomic mass is 32.2. The third-order valence-electron chi connectivity index (χ3n) is 5.19. The molecule has 1 atom stereocenters. The first-order valence-electron chi connectivity index (χ1n) is 9.99. The van der Waals surface area contributed by atoms with Crippen LogP contribution in [0.1, 0.15) is 30.4 Å². The fourth-order valence-electron chi connectivity index (χ4n) is 3.57. The lowest BCUT2D eigenvalue weighted by atomic mass is 10.1. The summed E-state index contributed by atoms with van der Waals surface area (Å²) in [5.41, 5.74) is 1.66. The second-order valence-corrected chi connectivity index (χ2v) is 11.5. The van der Waals surface area contributed by atoms with E-state index in [-0.39, 0.29) is 30.2 Å². The molecule has 0 aliphatic carbocycles. The van der Waals surface area contributed by atoms with Crippen LogP contribution in [-0.4, -0.2) is 32.9 Å². The molecule has 2 aliphatic heterocycles. The molecule has 1 unspecified atom stereocenters. The van der Waals surface area contributed by atoms with Crippen molar-refractivity contribution in [3.63, 3.8) is 0 Å². The first-order chi connectivity index (χ1) is 15.2. The average molecular weight is 475 g/mol. The molecule has 0 spiro atoms. The second-order valence-electron chi connectivity index (χ2n) is 7.51. The van der Waals surface area contributed by atoms with Gasteiger partial charge < -0.3 is 9.84 Å². The zero-order valence-electron chi connectivity index (χ0n) is 17.1. The molecule has 2 N–H and O–H groups in total. The van der Waals surface area contributed by atoms with Crippen LogP contribution in [0.2, 0.25) is 0 Å². The second kappa shape index (κ2) is 8.76. The predicted octanol–water partition coefficient (Wildman–Crippen LogP) is 2.60. The van der Waals surface area contributed by atoms with Gasteiger partial charge in [0, 0.05) is 12.0 Å². The van der Waals surface area contributed by atoms with Gasteiger partial charge in [0.15, 0.2) is 9.84 Å². The van der Waals surface area contributed by atoms with Gasteiger partial charge in [-0.05, 0) is 36.6 Å². The molecule has 8 nitrogen and oxygen atoms in total. The van der Waals surface area contributed by atoms with Crippen LogP contribution in [0.5, 0.6) is 5.75 Å². The van der Waals surface area contributed by atoms with Gasteiger partial charge in [0.25, 0.3) is 0 Å². The molecule has 1 saturated heterocycles. The van der Waals surface area contributed by atoms with E-state index in [9.17, 15) is 21.9 Å². The molecule has 0 bridgehead atoms. The van der Waals surface area contributed by atoms with Gasteiger partial charge >= 0.3 is 10.2 Å². The fourth-order valence-corrected chi connectivity index (χ4v) is 6.40. The summed E-state index contributed by atoms with van der Waals surface area (Å²) < 4.78 is 57.4. The van der Waals surface area contributed by atoms with Gasteiger partial charge in [0.05, 0.1) is 17.2 Å². The van der Waals surface area contributed by atoms with E-state index < -0.39 is 31.2 Å². The van der Waals surface area contributed by atoms with Crippen molar-refractivity contribution < 1.29 is 26.7 Å². The fraction of sp³-hybridized carbons (Fsp3) is 0.273. The van der Waals surface area contributed by atoms with Gasteiger partial charge in [0.2, 0.25) is 5.88 Å². The average Bonchev–Trinajstić information content (AvgIpc) is 3.23. The van der Waals surface area contributed by atoms with E-state index in [1.807, 2.05) is 35.1 Å². The van der Waals surface area contributed by atoms with E-state index in [1.54, 1.807) is 12.1 Å². The van der Waals surface area contributed by atoms with Crippen LogP contribution in [0.25, 0.3) is 0 Å². The predicted molar refractivity (Wildman–Crippen MR) is 121 cm³/mol. The SMILES string of the molecule is O=S1(=O)CCCC1CC#Cc1ccc(N2C=C(O)NS2(=O)=O)c(OCc2ccccc2)c1. The van der Waals surface area contributed by atoms with E-state index in [1.165, 1.54) is 6.07 Å². The van der Waals surface area contributed by atoms with Gasteiger partial charge in [-0.2, -0.15) is 8.42 Å². The summed E-state index contributed by atoms with van der Waals surface area (Å²) in [6.07, 6.45) is 2.60. The Morgan fingerprint density at radius 3 is 2.56 bits per heavy atom. The molecule has 2 aromatic carbocycles. The lowest BCUT2D eigenvalue weighted by Crippen LogP contribution is -2.29. The molecule has 0 saturated carbocycles. The Balaban J connectivity index is 1.62. The van der Waals surface area contributed by atoms with Crippen molar-refractivity contribution in [3.8, 4) is 17.6 Å². The maximum absolute atomic E-state index is 12.3. The Hall–Kier alpha value is -3.16. The number of sulfone groups is 1. The van der Waals surface area contributed by atoms with Crippen molar-refractivity contribution in [3.05, 3.63) is 71.7 Å². The molecule has 0 radical (unpaired) electrons. The van der Waals surface area contributed by atoms with Gasteiger partial charge in [-0.3, -0.25) is 0 Å². The summed E-state index contributed by atoms with van der Waals surface area (Å²) in [4.78, 5) is 0. The van der Waals surface area contributed by atoms with Gasteiger partial charge in [-0.15, -0.1) is 0 Å². The monoisotopic (exact) mass is 474 g/mol. The standard InChI is InChI=1S/C22H22N2O6S2/c25-22-15-24(32(28,29)23-22)20-12-11-17(8-4-9-19-10-5-13-31(19,26)27)14-21(20)30-16-18-6-2-1-3-7-18/h1-3,6-7,11-12,14-15,19,23,25H,5,9-10,13,16H2. The lowest BCUT2D eigenvalue weighted by molar-refractivity contribution is 0.307. The van der Waals surface area contributed by atoms with Crippen LogP contribution in [0.15, 0.2) is 60.6 Å². The Labute approximate surface area is 187 Å². The number of anilines is 1. The first-order valence-corrected chi connectivity index (χ1v) is 13.1. The van der Waals surface area contributed by atoms with Gasteiger partial charge in [-0.25, -0.2) is 17.4 Å². The molecule has 1 fully saturated rings. The number of nitrogens with one attached hydrogen (secondary N) is 1. The summed E-state index contributed by atoms with van der Waals surface area (Å²) >= 11 is 0. The molecule has 2 aliphatic rings. The summed E-state index contributed by atoms with van der Waals surface area (Å²) in [7, 11) is -7.05. The number of hydrogen-bond donors (Lipinski definition) is 2. The Kier molecular flexibility index (Phi) is 6.04. The van der Waals surface area contributed by atoms with Crippen LogP contribution >= 0.6 is 0 Å². The van der Waals surface area contributed by atoms with E-state index in [2.05, 4.69) is 11.8 Å². The van der Waals surface area contributed by atoms with Crippen molar-refractivity contribution in [2.75, 3.05) is 10.1 Å². The number of aliphatic hydroxyl groups is 1. The minimum Gasteiger partial charge on any atom is -0.493 e. The van der Waals surface area contributed by atoms with E-state index in [0.29, 0.717) is 18.4 Å². The van der Waals surface area contributed by atoms with Gasteiger partial charge in [0.1, 0.15) is 18.0 Å². The quantitative estimate of drug-likeness (QED) is 0.644. The molecular weight excluding hydrogens is 452 g/mol. The van der Waals surface area contributed by atoms with E-state index in [4.69, 9.17) is 4.74 Å². The maximum atomic E-state index is 12.3. The molecule has 0 aromatic heterocycles. The number of benzene rings is 2. The van der Waals surface area contributed by atoms with Crippen LogP contribution in [-0.2, 0) is 26.7 Å². The van der Waals surface area contributed by atoms with E-state index in [0.717, 1.165) is 16.1 Å². The van der Waals surface area contributed by atoms with Crippen LogP contribution < -0.4 is 13.8 Å². The summed E-state index contributed by atoms with van der Waals surface area (Å²) in [6.45, 7) is 0.196. The third kappa shape index (κ3) is 4.84. The van der Waals surface area contributed by atoms with Crippen LogP contribution in [0.4, 0.5) is 5.69 Å². The zero-order valence-corrected chi connectivity index (χ0v) is 18.7. The molecule has 168 valence electrons. The smallest absolute Gasteiger partial charge is 0.330 e. The lowest BCUT2D eigenvalue weighted by Gasteiger charge is -2.18. The Morgan fingerprint density at radius 2 is 1.91 bits per heavy atom. The normalized spacial score (nSPS) is 20.7. The Morgan fingerprint density at radius 1 is 1.12 bits per heavy atom. The minimum absolute atomic E-state index is 0.196. The third-order valence-corrected chi connectivity index (χ3v) is 8.75. The largest absolute Gasteiger partial charge is 0.493 e. The number of rotatable bonds is 5. The number of ether oxygens (including phenoxy) is 1. The van der Waals surface area contributed by atoms with Crippen LogP contribution in [0.3, 0.4) is 0 Å². The van der Waals surface area contributed by atoms with Gasteiger partial charge in [-0.1, -0.05) is 42.2 Å². The summed E-state index contributed by atoms with van der Waals surface area (Å²) in [5.74, 6) is 5.85. The molecule has 0 amide bonds. The van der Waals surface area contributed by atoms with Crippen molar-refractivity contribution >= 4 is 25.7 Å². The minimum atomic E-state index is -3.99. The van der Waals surface area contributed by atoms with Crippen molar-refractivity contribution in [2.45, 2.75) is 31.1 Å². The Bertz CT molecular complexity index is 1310. The van der Waals surface area contributed by atoms with Crippen molar-refractivity contribution in [1.82, 2.24) is 4.72 Å². The highest BCUT2D eigenvalue weighted by Crippen LogP contribution is 2.34. The maximum Gasteiger partial charge on any atom is 0.330 e. The molecular formula is C22H22N2O6S2. The summed E-state index contributed by atoms with van der Waals surface area (Å²) in [6, 6.07) is 14.1. The van der Waals surface area contributed by atoms with Crippen molar-refractivity contribution in [2.24, 2.45) is 0 Å². The molecule has 10 heteroatoms. The molecule has 2 aromatic rings. The number of nitrogens with zero attached hydrogens (tertiary/aromatic N) is 1. The van der Waals surface area contributed by atoms with Crippen LogP contribution in [0, 0.1) is 11.8 Å². The number of hydrogen-bond acceptors (Lipinski definition) is 6. The highest BCUT2D eigenvalue weighted by Gasteiger charge is 2.31. The number of aliphatic hydroxyl groups excluding tert-OH is 1. The van der Waals surface area contributed by atoms with Crippen molar-refractivity contribution in [1.29, 1.82) is 0 Å².